The molecule has 21 heavy (non-hydrogen) atoms. The lowest BCUT2D eigenvalue weighted by molar-refractivity contribution is -0.117. The molecule has 0 aromatic heterocycles. The van der Waals surface area contributed by atoms with Gasteiger partial charge >= 0.3 is 5.97 Å². The zero-order valence-corrected chi connectivity index (χ0v) is 12.2. The van der Waals surface area contributed by atoms with Crippen molar-refractivity contribution in [1.29, 1.82) is 0 Å². The number of rotatable bonds is 4. The maximum atomic E-state index is 14.0. The Bertz CT molecular complexity index is 605. The zero-order chi connectivity index (χ0) is 15.6. The Balaban J connectivity index is 2.13. The van der Waals surface area contributed by atoms with Gasteiger partial charge in [0.1, 0.15) is 5.82 Å². The molecular formula is C14H14FNO4S. The molecule has 1 saturated heterocycles. The molecule has 2 rings (SSSR count). The SMILES string of the molecule is CC(=O)SCC1CC(=O)N(c2ccc(C(=O)O)cc2F)C1. The van der Waals surface area contributed by atoms with Crippen LogP contribution < -0.4 is 4.90 Å². The summed E-state index contributed by atoms with van der Waals surface area (Å²) >= 11 is 1.15. The highest BCUT2D eigenvalue weighted by Gasteiger charge is 2.32. The molecule has 0 spiro atoms. The Morgan fingerprint density at radius 3 is 2.76 bits per heavy atom. The summed E-state index contributed by atoms with van der Waals surface area (Å²) in [4.78, 5) is 35.0. The molecule has 1 aromatic rings. The minimum atomic E-state index is -1.22. The van der Waals surface area contributed by atoms with Gasteiger partial charge in [-0.25, -0.2) is 9.18 Å². The van der Waals surface area contributed by atoms with Crippen LogP contribution in [0.4, 0.5) is 10.1 Å². The summed E-state index contributed by atoms with van der Waals surface area (Å²) in [7, 11) is 0. The molecule has 1 aromatic carbocycles. The van der Waals surface area contributed by atoms with Crippen LogP contribution in [0.2, 0.25) is 0 Å². The maximum Gasteiger partial charge on any atom is 0.335 e. The van der Waals surface area contributed by atoms with Crippen LogP contribution >= 0.6 is 11.8 Å². The van der Waals surface area contributed by atoms with Gasteiger partial charge in [-0.05, 0) is 24.1 Å². The van der Waals surface area contributed by atoms with Crippen LogP contribution in [-0.4, -0.2) is 34.4 Å². The molecular weight excluding hydrogens is 297 g/mol. The molecule has 1 aliphatic heterocycles. The van der Waals surface area contributed by atoms with Gasteiger partial charge in [-0.3, -0.25) is 9.59 Å². The highest BCUT2D eigenvalue weighted by molar-refractivity contribution is 8.13. The molecule has 0 saturated carbocycles. The number of thioether (sulfide) groups is 1. The van der Waals surface area contributed by atoms with E-state index < -0.39 is 11.8 Å². The van der Waals surface area contributed by atoms with Crippen molar-refractivity contribution in [1.82, 2.24) is 0 Å². The van der Waals surface area contributed by atoms with E-state index in [9.17, 15) is 18.8 Å². The number of carboxylic acids is 1. The zero-order valence-electron chi connectivity index (χ0n) is 11.3. The van der Waals surface area contributed by atoms with Crippen molar-refractivity contribution in [3.8, 4) is 0 Å². The number of aromatic carboxylic acids is 1. The predicted molar refractivity (Wildman–Crippen MR) is 77.0 cm³/mol. The smallest absolute Gasteiger partial charge is 0.335 e. The minimum Gasteiger partial charge on any atom is -0.478 e. The van der Waals surface area contributed by atoms with Gasteiger partial charge in [0.2, 0.25) is 5.91 Å². The molecule has 1 atom stereocenters. The van der Waals surface area contributed by atoms with Gasteiger partial charge in [0.15, 0.2) is 5.12 Å². The molecule has 1 amide bonds. The summed E-state index contributed by atoms with van der Waals surface area (Å²) in [5.41, 5.74) is -0.0769. The van der Waals surface area contributed by atoms with Crippen molar-refractivity contribution in [2.45, 2.75) is 13.3 Å². The van der Waals surface area contributed by atoms with E-state index in [0.717, 1.165) is 17.8 Å². The third kappa shape index (κ3) is 3.60. The van der Waals surface area contributed by atoms with Gasteiger partial charge in [0, 0.05) is 25.6 Å². The number of carbonyl (C=O) groups is 3. The Morgan fingerprint density at radius 2 is 2.19 bits per heavy atom. The van der Waals surface area contributed by atoms with Crippen molar-refractivity contribution < 1.29 is 23.9 Å². The lowest BCUT2D eigenvalue weighted by atomic mass is 10.1. The van der Waals surface area contributed by atoms with Crippen LogP contribution in [0.5, 0.6) is 0 Å². The molecule has 0 aliphatic carbocycles. The molecule has 1 N–H and O–H groups in total. The molecule has 112 valence electrons. The van der Waals surface area contributed by atoms with Crippen LogP contribution in [-0.2, 0) is 9.59 Å². The van der Waals surface area contributed by atoms with Crippen molar-refractivity contribution in [2.24, 2.45) is 5.92 Å². The second-order valence-electron chi connectivity index (χ2n) is 4.85. The van der Waals surface area contributed by atoms with E-state index >= 15 is 0 Å². The van der Waals surface area contributed by atoms with Gasteiger partial charge in [-0.2, -0.15) is 0 Å². The molecule has 1 aliphatic rings. The number of nitrogens with zero attached hydrogens (tertiary/aromatic N) is 1. The maximum absolute atomic E-state index is 14.0. The number of hydrogen-bond donors (Lipinski definition) is 1. The molecule has 1 fully saturated rings. The summed E-state index contributed by atoms with van der Waals surface area (Å²) < 4.78 is 14.0. The lowest BCUT2D eigenvalue weighted by Gasteiger charge is -2.17. The van der Waals surface area contributed by atoms with Crippen LogP contribution in [0, 0.1) is 11.7 Å². The van der Waals surface area contributed by atoms with Gasteiger partial charge in [0.25, 0.3) is 0 Å². The topological polar surface area (TPSA) is 74.7 Å². The van der Waals surface area contributed by atoms with E-state index in [-0.39, 0.29) is 34.6 Å². The van der Waals surface area contributed by atoms with Crippen LogP contribution in [0.25, 0.3) is 0 Å². The van der Waals surface area contributed by atoms with Gasteiger partial charge in [-0.1, -0.05) is 11.8 Å². The first-order valence-corrected chi connectivity index (χ1v) is 7.33. The fourth-order valence-electron chi connectivity index (χ4n) is 2.22. The van der Waals surface area contributed by atoms with E-state index in [1.54, 1.807) is 0 Å². The first-order chi connectivity index (χ1) is 9.88. The number of carbonyl (C=O) groups excluding carboxylic acids is 2. The first kappa shape index (κ1) is 15.5. The largest absolute Gasteiger partial charge is 0.478 e. The molecule has 5 nitrogen and oxygen atoms in total. The Labute approximate surface area is 125 Å². The van der Waals surface area contributed by atoms with Crippen LogP contribution in [0.1, 0.15) is 23.7 Å². The van der Waals surface area contributed by atoms with Crippen molar-refractivity contribution in [3.63, 3.8) is 0 Å². The molecule has 1 heterocycles. The number of halogens is 1. The normalized spacial score (nSPS) is 18.1. The van der Waals surface area contributed by atoms with Gasteiger partial charge in [0.05, 0.1) is 11.3 Å². The summed E-state index contributed by atoms with van der Waals surface area (Å²) in [6.45, 7) is 1.80. The van der Waals surface area contributed by atoms with Crippen LogP contribution in [0.3, 0.4) is 0 Å². The highest BCUT2D eigenvalue weighted by atomic mass is 32.2. The monoisotopic (exact) mass is 311 g/mol. The average molecular weight is 311 g/mol. The quantitative estimate of drug-likeness (QED) is 0.922. The minimum absolute atomic E-state index is 0.00931. The standard InChI is InChI=1S/C14H14FNO4S/c1-8(17)21-7-9-4-13(18)16(6-9)12-3-2-10(14(19)20)5-11(12)15/h2-3,5,9H,4,6-7H2,1H3,(H,19,20). The van der Waals surface area contributed by atoms with E-state index in [2.05, 4.69) is 0 Å². The van der Waals surface area contributed by atoms with Crippen LogP contribution in [0.15, 0.2) is 18.2 Å². The fourth-order valence-corrected chi connectivity index (χ4v) is 2.91. The van der Waals surface area contributed by atoms with E-state index in [1.807, 2.05) is 0 Å². The summed E-state index contributed by atoms with van der Waals surface area (Å²) in [6, 6.07) is 3.48. The number of anilines is 1. The number of hydrogen-bond acceptors (Lipinski definition) is 4. The van der Waals surface area contributed by atoms with Crippen molar-refractivity contribution >= 4 is 34.4 Å². The second-order valence-corrected chi connectivity index (χ2v) is 6.05. The third-order valence-electron chi connectivity index (χ3n) is 3.21. The number of carboxylic acid groups (broad SMARTS) is 1. The van der Waals surface area contributed by atoms with E-state index in [1.165, 1.54) is 24.0 Å². The molecule has 7 heteroatoms. The predicted octanol–water partition coefficient (Wildman–Crippen LogP) is 2.16. The van der Waals surface area contributed by atoms with Crippen molar-refractivity contribution in [2.75, 3.05) is 17.2 Å². The average Bonchev–Trinajstić information content (AvgIpc) is 2.77. The highest BCUT2D eigenvalue weighted by Crippen LogP contribution is 2.29. The Hall–Kier alpha value is -1.89. The summed E-state index contributed by atoms with van der Waals surface area (Å²) in [5, 5.41) is 8.78. The molecule has 0 bridgehead atoms. The number of benzene rings is 1. The van der Waals surface area contributed by atoms with Gasteiger partial charge < -0.3 is 10.0 Å². The second kappa shape index (κ2) is 6.26. The fraction of sp³-hybridized carbons (Fsp3) is 0.357. The lowest BCUT2D eigenvalue weighted by Crippen LogP contribution is -2.26. The molecule has 0 radical (unpaired) electrons. The number of amides is 1. The van der Waals surface area contributed by atoms with Gasteiger partial charge in [-0.15, -0.1) is 0 Å². The van der Waals surface area contributed by atoms with E-state index in [4.69, 9.17) is 5.11 Å². The molecule has 1 unspecified atom stereocenters. The van der Waals surface area contributed by atoms with E-state index in [0.29, 0.717) is 12.3 Å². The summed E-state index contributed by atoms with van der Waals surface area (Å²) in [6.07, 6.45) is 0.264. The Morgan fingerprint density at radius 1 is 1.48 bits per heavy atom. The Kier molecular flexibility index (Phi) is 4.62. The van der Waals surface area contributed by atoms with Crippen molar-refractivity contribution in [3.05, 3.63) is 29.6 Å². The third-order valence-corrected chi connectivity index (χ3v) is 4.26. The first-order valence-electron chi connectivity index (χ1n) is 6.35. The summed E-state index contributed by atoms with van der Waals surface area (Å²) in [5.74, 6) is -1.66.